The average molecular weight is 268 g/mol. The zero-order chi connectivity index (χ0) is 13.3. The van der Waals surface area contributed by atoms with Crippen LogP contribution in [0.1, 0.15) is 54.2 Å². The first kappa shape index (κ1) is 13.5. The summed E-state index contributed by atoms with van der Waals surface area (Å²) in [6.45, 7) is 6.01. The first-order valence-electron chi connectivity index (χ1n) is 6.35. The first-order valence-corrected chi connectivity index (χ1v) is 7.17. The molecule has 0 aromatic carbocycles. The molecule has 0 radical (unpaired) electrons. The fraction of sp³-hybridized carbons (Fsp3) is 0.692. The maximum atomic E-state index is 12.1. The van der Waals surface area contributed by atoms with Crippen LogP contribution in [0.15, 0.2) is 6.20 Å². The summed E-state index contributed by atoms with van der Waals surface area (Å²) in [7, 11) is 0. The molecule has 2 N–H and O–H groups in total. The highest BCUT2D eigenvalue weighted by Gasteiger charge is 2.42. The van der Waals surface area contributed by atoms with Gasteiger partial charge in [0.1, 0.15) is 4.88 Å². The second-order valence-electron chi connectivity index (χ2n) is 5.52. The van der Waals surface area contributed by atoms with Crippen molar-refractivity contribution in [1.29, 1.82) is 0 Å². The minimum Gasteiger partial charge on any atom is -0.394 e. The molecule has 1 aliphatic rings. The van der Waals surface area contributed by atoms with Gasteiger partial charge in [0, 0.05) is 5.92 Å². The molecule has 0 saturated heterocycles. The smallest absolute Gasteiger partial charge is 0.263 e. The van der Waals surface area contributed by atoms with Gasteiger partial charge < -0.3 is 10.4 Å². The lowest BCUT2D eigenvalue weighted by Gasteiger charge is -2.28. The van der Waals surface area contributed by atoms with Crippen LogP contribution in [0, 0.1) is 5.92 Å². The molecule has 1 amide bonds. The molecule has 100 valence electrons. The van der Waals surface area contributed by atoms with E-state index in [1.165, 1.54) is 11.3 Å². The number of hydrogen-bond donors (Lipinski definition) is 2. The number of rotatable bonds is 5. The number of amides is 1. The largest absolute Gasteiger partial charge is 0.394 e. The van der Waals surface area contributed by atoms with Crippen LogP contribution in [0.5, 0.6) is 0 Å². The van der Waals surface area contributed by atoms with E-state index >= 15 is 0 Å². The fourth-order valence-electron chi connectivity index (χ4n) is 1.97. The Balaban J connectivity index is 2.06. The molecule has 4 nitrogen and oxygen atoms in total. The van der Waals surface area contributed by atoms with Crippen molar-refractivity contribution >= 4 is 17.2 Å². The molecule has 1 aromatic heterocycles. The minimum atomic E-state index is -0.487. The molecular weight excluding hydrogens is 248 g/mol. The predicted octanol–water partition coefficient (Wildman–Crippen LogP) is 2.16. The molecule has 0 aliphatic heterocycles. The van der Waals surface area contributed by atoms with Crippen LogP contribution in [0.25, 0.3) is 0 Å². The van der Waals surface area contributed by atoms with Gasteiger partial charge >= 0.3 is 0 Å². The Hall–Kier alpha value is -0.940. The Morgan fingerprint density at radius 3 is 2.78 bits per heavy atom. The van der Waals surface area contributed by atoms with Gasteiger partial charge in [-0.3, -0.25) is 4.79 Å². The summed E-state index contributed by atoms with van der Waals surface area (Å²) in [5.74, 6) is 0.621. The van der Waals surface area contributed by atoms with Crippen LogP contribution < -0.4 is 5.32 Å². The highest BCUT2D eigenvalue weighted by molar-refractivity contribution is 7.13. The number of thiazole rings is 1. The quantitative estimate of drug-likeness (QED) is 0.860. The molecule has 1 aromatic rings. The molecule has 18 heavy (non-hydrogen) atoms. The first-order chi connectivity index (χ1) is 8.46. The van der Waals surface area contributed by atoms with Gasteiger partial charge in [-0.2, -0.15) is 0 Å². The van der Waals surface area contributed by atoms with E-state index in [0.717, 1.165) is 17.8 Å². The highest BCUT2D eigenvalue weighted by Crippen LogP contribution is 2.39. The lowest BCUT2D eigenvalue weighted by molar-refractivity contribution is 0.0828. The van der Waals surface area contributed by atoms with Crippen molar-refractivity contribution in [3.8, 4) is 0 Å². The standard InChI is InChI=1S/C13H20N2O2S/c1-8(2)12-14-6-10(18-12)11(17)15-13(3,7-16)9-4-5-9/h6,8-9,16H,4-5,7H2,1-3H3,(H,15,17). The van der Waals surface area contributed by atoms with Crippen molar-refractivity contribution in [2.24, 2.45) is 5.92 Å². The van der Waals surface area contributed by atoms with Gasteiger partial charge in [0.05, 0.1) is 23.4 Å². The number of nitrogens with one attached hydrogen (secondary N) is 1. The maximum Gasteiger partial charge on any atom is 0.263 e. The molecule has 1 fully saturated rings. The lowest BCUT2D eigenvalue weighted by atomic mass is 9.97. The Kier molecular flexibility index (Phi) is 3.73. The van der Waals surface area contributed by atoms with Gasteiger partial charge in [0.2, 0.25) is 0 Å². The number of aliphatic hydroxyl groups excluding tert-OH is 1. The Morgan fingerprint density at radius 1 is 1.67 bits per heavy atom. The molecule has 1 aliphatic carbocycles. The zero-order valence-electron chi connectivity index (χ0n) is 11.1. The maximum absolute atomic E-state index is 12.1. The molecule has 1 unspecified atom stereocenters. The molecule has 0 bridgehead atoms. The van der Waals surface area contributed by atoms with E-state index in [-0.39, 0.29) is 12.5 Å². The summed E-state index contributed by atoms with van der Waals surface area (Å²) in [6, 6.07) is 0. The summed E-state index contributed by atoms with van der Waals surface area (Å²) in [5, 5.41) is 13.4. The van der Waals surface area contributed by atoms with Crippen molar-refractivity contribution in [3.05, 3.63) is 16.1 Å². The number of hydrogen-bond acceptors (Lipinski definition) is 4. The highest BCUT2D eigenvalue weighted by atomic mass is 32.1. The van der Waals surface area contributed by atoms with E-state index in [2.05, 4.69) is 24.1 Å². The zero-order valence-corrected chi connectivity index (χ0v) is 11.9. The molecule has 1 atom stereocenters. The van der Waals surface area contributed by atoms with Crippen LogP contribution >= 0.6 is 11.3 Å². The monoisotopic (exact) mass is 268 g/mol. The number of carbonyl (C=O) groups excluding carboxylic acids is 1. The molecule has 0 spiro atoms. The van der Waals surface area contributed by atoms with Gasteiger partial charge in [-0.15, -0.1) is 11.3 Å². The Morgan fingerprint density at radius 2 is 2.33 bits per heavy atom. The van der Waals surface area contributed by atoms with Crippen LogP contribution in [0.2, 0.25) is 0 Å². The van der Waals surface area contributed by atoms with Gasteiger partial charge in [-0.1, -0.05) is 13.8 Å². The number of carbonyl (C=O) groups is 1. The minimum absolute atomic E-state index is 0.0146. The summed E-state index contributed by atoms with van der Waals surface area (Å²) in [5.41, 5.74) is -0.487. The van der Waals surface area contributed by atoms with Crippen molar-refractivity contribution in [3.63, 3.8) is 0 Å². The number of aromatic nitrogens is 1. The predicted molar refractivity (Wildman–Crippen MR) is 71.9 cm³/mol. The van der Waals surface area contributed by atoms with Crippen molar-refractivity contribution in [1.82, 2.24) is 10.3 Å². The lowest BCUT2D eigenvalue weighted by Crippen LogP contribution is -2.50. The molecule has 1 saturated carbocycles. The van der Waals surface area contributed by atoms with E-state index in [1.807, 2.05) is 6.92 Å². The van der Waals surface area contributed by atoms with E-state index in [4.69, 9.17) is 0 Å². The van der Waals surface area contributed by atoms with Crippen LogP contribution in [0.3, 0.4) is 0 Å². The van der Waals surface area contributed by atoms with Crippen molar-refractivity contribution < 1.29 is 9.90 Å². The molecular formula is C13H20N2O2S. The van der Waals surface area contributed by atoms with Gasteiger partial charge in [-0.05, 0) is 25.7 Å². The van der Waals surface area contributed by atoms with Crippen LogP contribution in [-0.2, 0) is 0 Å². The van der Waals surface area contributed by atoms with Crippen molar-refractivity contribution in [2.45, 2.75) is 45.1 Å². The topological polar surface area (TPSA) is 62.2 Å². The van der Waals surface area contributed by atoms with Crippen molar-refractivity contribution in [2.75, 3.05) is 6.61 Å². The molecule has 5 heteroatoms. The molecule has 2 rings (SSSR count). The van der Waals surface area contributed by atoms with Gasteiger partial charge in [0.15, 0.2) is 0 Å². The summed E-state index contributed by atoms with van der Waals surface area (Å²) in [4.78, 5) is 17.0. The molecule has 1 heterocycles. The summed E-state index contributed by atoms with van der Waals surface area (Å²) < 4.78 is 0. The number of nitrogens with zero attached hydrogens (tertiary/aromatic N) is 1. The normalized spacial score (nSPS) is 18.7. The van der Waals surface area contributed by atoms with Crippen LogP contribution in [-0.4, -0.2) is 28.1 Å². The Labute approximate surface area is 111 Å². The Bertz CT molecular complexity index is 440. The third kappa shape index (κ3) is 2.72. The van der Waals surface area contributed by atoms with E-state index < -0.39 is 5.54 Å². The average Bonchev–Trinajstić information content (AvgIpc) is 3.06. The SMILES string of the molecule is CC(C)c1ncc(C(=O)NC(C)(CO)C2CC2)s1. The van der Waals surface area contributed by atoms with E-state index in [9.17, 15) is 9.90 Å². The number of aliphatic hydroxyl groups is 1. The second kappa shape index (κ2) is 4.97. The summed E-state index contributed by atoms with van der Waals surface area (Å²) in [6.07, 6.45) is 3.79. The third-order valence-corrected chi connectivity index (χ3v) is 4.74. The summed E-state index contributed by atoms with van der Waals surface area (Å²) >= 11 is 1.43. The van der Waals surface area contributed by atoms with Gasteiger partial charge in [-0.25, -0.2) is 4.98 Å². The second-order valence-corrected chi connectivity index (χ2v) is 6.58. The van der Waals surface area contributed by atoms with Gasteiger partial charge in [0.25, 0.3) is 5.91 Å². The van der Waals surface area contributed by atoms with Crippen LogP contribution in [0.4, 0.5) is 0 Å². The van der Waals surface area contributed by atoms with E-state index in [0.29, 0.717) is 16.7 Å². The van der Waals surface area contributed by atoms with E-state index in [1.54, 1.807) is 6.20 Å². The third-order valence-electron chi connectivity index (χ3n) is 3.45. The fourth-order valence-corrected chi connectivity index (χ4v) is 2.79.